The predicted octanol–water partition coefficient (Wildman–Crippen LogP) is 5.70. The van der Waals surface area contributed by atoms with Gasteiger partial charge in [0.2, 0.25) is 0 Å². The lowest BCUT2D eigenvalue weighted by atomic mass is 9.86. The number of aryl methyl sites for hydroxylation is 4. The molecule has 0 saturated heterocycles. The lowest BCUT2D eigenvalue weighted by Gasteiger charge is -2.20. The zero-order chi connectivity index (χ0) is 26.2. The van der Waals surface area contributed by atoms with Crippen LogP contribution in [0.4, 0.5) is 0 Å². The topological polar surface area (TPSA) is 13.0 Å². The average molecular weight is 485 g/mol. The molecule has 36 heavy (non-hydrogen) atoms. The van der Waals surface area contributed by atoms with Gasteiger partial charge in [0.1, 0.15) is 0 Å². The molecule has 0 aromatic heterocycles. The summed E-state index contributed by atoms with van der Waals surface area (Å²) in [6.07, 6.45) is 21.7. The average Bonchev–Trinajstić information content (AvgIpc) is 2.80. The van der Waals surface area contributed by atoms with Crippen molar-refractivity contribution in [2.75, 3.05) is 56.4 Å². The van der Waals surface area contributed by atoms with E-state index >= 15 is 0 Å². The molecule has 4 nitrogen and oxygen atoms in total. The van der Waals surface area contributed by atoms with Gasteiger partial charge in [-0.05, 0) is 119 Å². The predicted molar refractivity (Wildman–Crippen MR) is 159 cm³/mol. The Morgan fingerprint density at radius 1 is 0.389 bits per heavy atom. The second-order valence-corrected chi connectivity index (χ2v) is 10.6. The van der Waals surface area contributed by atoms with Crippen LogP contribution in [0.5, 0.6) is 0 Å². The molecule has 0 N–H and O–H groups in total. The third kappa shape index (κ3) is 7.81. The first-order chi connectivity index (χ1) is 17.1. The molecule has 4 bridgehead atoms. The fourth-order valence-corrected chi connectivity index (χ4v) is 4.40. The highest BCUT2D eigenvalue weighted by Gasteiger charge is 2.14. The lowest BCUT2D eigenvalue weighted by molar-refractivity contribution is 0.567. The molecule has 0 spiro atoms. The van der Waals surface area contributed by atoms with Gasteiger partial charge in [0.05, 0.1) is 0 Å². The van der Waals surface area contributed by atoms with Crippen molar-refractivity contribution in [3.8, 4) is 0 Å². The van der Waals surface area contributed by atoms with Crippen LogP contribution in [-0.4, -0.2) is 76.0 Å². The Balaban J connectivity index is 2.17. The quantitative estimate of drug-likeness (QED) is 0.476. The molecule has 0 fully saturated rings. The molecule has 4 aliphatic rings. The summed E-state index contributed by atoms with van der Waals surface area (Å²) in [5.41, 5.74) is 10.9. The van der Waals surface area contributed by atoms with Crippen LogP contribution in [0.2, 0.25) is 0 Å². The zero-order valence-corrected chi connectivity index (χ0v) is 23.5. The SMILES string of the molecule is CN(C)C=Cc1cc2c(/C=C/N(C)C)cc1CCc1cc(/C=C/N(C)C)c(cc1/C=C\N(C)C)CC2. The van der Waals surface area contributed by atoms with Crippen molar-refractivity contribution in [3.63, 3.8) is 0 Å². The molecule has 6 rings (SSSR count). The number of benzene rings is 2. The largest absolute Gasteiger partial charge is 0.383 e. The number of hydrogen-bond donors (Lipinski definition) is 0. The van der Waals surface area contributed by atoms with Crippen molar-refractivity contribution >= 4 is 24.3 Å². The van der Waals surface area contributed by atoms with Crippen molar-refractivity contribution < 1.29 is 0 Å². The minimum Gasteiger partial charge on any atom is -0.383 e. The third-order valence-electron chi connectivity index (χ3n) is 6.34. The Hall–Kier alpha value is -3.40. The summed E-state index contributed by atoms with van der Waals surface area (Å²) in [7, 11) is 16.6. The molecule has 4 aliphatic carbocycles. The van der Waals surface area contributed by atoms with Crippen LogP contribution >= 0.6 is 0 Å². The van der Waals surface area contributed by atoms with Crippen LogP contribution in [0.25, 0.3) is 24.3 Å². The van der Waals surface area contributed by atoms with Crippen molar-refractivity contribution in [2.45, 2.75) is 25.7 Å². The highest BCUT2D eigenvalue weighted by molar-refractivity contribution is 5.66. The van der Waals surface area contributed by atoms with E-state index in [1.54, 1.807) is 0 Å². The van der Waals surface area contributed by atoms with E-state index in [9.17, 15) is 0 Å². The maximum absolute atomic E-state index is 2.42. The number of hydrogen-bond acceptors (Lipinski definition) is 4. The van der Waals surface area contributed by atoms with E-state index in [2.05, 4.69) is 149 Å². The Kier molecular flexibility index (Phi) is 9.46. The van der Waals surface area contributed by atoms with Crippen LogP contribution in [0.15, 0.2) is 49.1 Å². The third-order valence-corrected chi connectivity index (χ3v) is 6.34. The Bertz CT molecular complexity index is 964. The summed E-state index contributed by atoms with van der Waals surface area (Å²) in [6, 6.07) is 9.67. The van der Waals surface area contributed by atoms with Gasteiger partial charge in [-0.25, -0.2) is 0 Å². The van der Waals surface area contributed by atoms with E-state index in [0.29, 0.717) is 0 Å². The molecular formula is C32H44N4. The van der Waals surface area contributed by atoms with Crippen molar-refractivity contribution in [1.82, 2.24) is 19.6 Å². The summed E-state index contributed by atoms with van der Waals surface area (Å²) in [5.74, 6) is 0. The van der Waals surface area contributed by atoms with E-state index in [-0.39, 0.29) is 0 Å². The van der Waals surface area contributed by atoms with Crippen LogP contribution in [0.1, 0.15) is 44.5 Å². The molecule has 0 radical (unpaired) electrons. The van der Waals surface area contributed by atoms with E-state index in [0.717, 1.165) is 25.7 Å². The summed E-state index contributed by atoms with van der Waals surface area (Å²) in [4.78, 5) is 8.44. The fraction of sp³-hybridized carbons (Fsp3) is 0.375. The Labute approximate surface area is 219 Å². The molecule has 2 aromatic rings. The smallest absolute Gasteiger partial charge is 0.00556 e. The first kappa shape index (κ1) is 27.2. The van der Waals surface area contributed by atoms with Crippen molar-refractivity contribution in [2.24, 2.45) is 0 Å². The summed E-state index contributed by atoms with van der Waals surface area (Å²) < 4.78 is 0. The molecule has 2 aromatic carbocycles. The monoisotopic (exact) mass is 484 g/mol. The molecule has 0 amide bonds. The Morgan fingerprint density at radius 3 is 0.750 bits per heavy atom. The number of rotatable bonds is 8. The normalized spacial score (nSPS) is 13.8. The van der Waals surface area contributed by atoms with E-state index in [1.165, 1.54) is 44.5 Å². The summed E-state index contributed by atoms with van der Waals surface area (Å²) in [5, 5.41) is 0. The van der Waals surface area contributed by atoms with Gasteiger partial charge in [-0.2, -0.15) is 0 Å². The molecular weight excluding hydrogens is 440 g/mol. The van der Waals surface area contributed by atoms with Gasteiger partial charge < -0.3 is 19.6 Å². The van der Waals surface area contributed by atoms with E-state index < -0.39 is 0 Å². The van der Waals surface area contributed by atoms with Gasteiger partial charge in [-0.15, -0.1) is 0 Å². The maximum Gasteiger partial charge on any atom is 0.00556 e. The molecule has 0 atom stereocenters. The van der Waals surface area contributed by atoms with E-state index in [4.69, 9.17) is 0 Å². The van der Waals surface area contributed by atoms with Crippen LogP contribution in [0.3, 0.4) is 0 Å². The van der Waals surface area contributed by atoms with Gasteiger partial charge >= 0.3 is 0 Å². The van der Waals surface area contributed by atoms with Crippen LogP contribution in [-0.2, 0) is 25.7 Å². The fourth-order valence-electron chi connectivity index (χ4n) is 4.40. The molecule has 4 heteroatoms. The van der Waals surface area contributed by atoms with Gasteiger partial charge in [0, 0.05) is 56.4 Å². The van der Waals surface area contributed by atoms with Crippen LogP contribution in [0, 0.1) is 0 Å². The molecule has 0 unspecified atom stereocenters. The second-order valence-electron chi connectivity index (χ2n) is 10.6. The summed E-state index contributed by atoms with van der Waals surface area (Å²) >= 11 is 0. The highest BCUT2D eigenvalue weighted by atomic mass is 15.0. The van der Waals surface area contributed by atoms with Gasteiger partial charge in [-0.3, -0.25) is 0 Å². The standard InChI is InChI=1S/C32H44N4/c1-33(2)17-13-29-21-26-11-12-28-24-31(15-19-35(5)6)27(23-32(28)16-20-36(7)8)10-9-25(29)22-30(26)14-18-34(3)4/h13-24H,9-12H2,1-8H3/b17-13-,18-14+,19-15?,20-16+. The minimum atomic E-state index is 0.995. The van der Waals surface area contributed by atoms with Crippen molar-refractivity contribution in [3.05, 3.63) is 93.6 Å². The Morgan fingerprint density at radius 2 is 0.583 bits per heavy atom. The molecule has 0 heterocycles. The number of nitrogens with zero attached hydrogens (tertiary/aromatic N) is 4. The summed E-state index contributed by atoms with van der Waals surface area (Å²) in [6.45, 7) is 0. The first-order valence-corrected chi connectivity index (χ1v) is 12.8. The minimum absolute atomic E-state index is 0.995. The molecule has 192 valence electrons. The van der Waals surface area contributed by atoms with Gasteiger partial charge in [0.15, 0.2) is 0 Å². The highest BCUT2D eigenvalue weighted by Crippen LogP contribution is 2.29. The van der Waals surface area contributed by atoms with Gasteiger partial charge in [-0.1, -0.05) is 24.3 Å². The first-order valence-electron chi connectivity index (χ1n) is 12.8. The van der Waals surface area contributed by atoms with Gasteiger partial charge in [0.25, 0.3) is 0 Å². The van der Waals surface area contributed by atoms with E-state index in [1.807, 2.05) is 0 Å². The molecule has 0 saturated carbocycles. The van der Waals surface area contributed by atoms with Crippen molar-refractivity contribution in [1.29, 1.82) is 0 Å². The zero-order valence-electron chi connectivity index (χ0n) is 23.5. The van der Waals surface area contributed by atoms with Crippen LogP contribution < -0.4 is 0 Å². The lowest BCUT2D eigenvalue weighted by Crippen LogP contribution is -2.07. The molecule has 0 aliphatic heterocycles. The second kappa shape index (κ2) is 12.5. The maximum atomic E-state index is 2.42.